The molecule has 0 bridgehead atoms. The molecule has 1 N–H and O–H groups in total. The second kappa shape index (κ2) is 13.5. The molecular weight excluding hydrogens is 590 g/mol. The summed E-state index contributed by atoms with van der Waals surface area (Å²) in [5, 5.41) is 3.13. The van der Waals surface area contributed by atoms with Crippen molar-refractivity contribution in [3.63, 3.8) is 0 Å². The van der Waals surface area contributed by atoms with Crippen LogP contribution in [0.25, 0.3) is 0 Å². The second-order valence-corrected chi connectivity index (χ2v) is 13.1. The van der Waals surface area contributed by atoms with Crippen LogP contribution in [0.3, 0.4) is 0 Å². The van der Waals surface area contributed by atoms with Crippen molar-refractivity contribution in [2.45, 2.75) is 69.5 Å². The molecule has 0 spiro atoms. The van der Waals surface area contributed by atoms with Crippen molar-refractivity contribution >= 4 is 43.5 Å². The lowest BCUT2D eigenvalue weighted by Gasteiger charge is -2.33. The highest BCUT2D eigenvalue weighted by Crippen LogP contribution is 2.26. The monoisotopic (exact) mass is 625 g/mol. The van der Waals surface area contributed by atoms with Gasteiger partial charge in [0.15, 0.2) is 0 Å². The number of hydrogen-bond acceptors (Lipinski definition) is 4. The number of rotatable bonds is 10. The number of sulfonamides is 1. The summed E-state index contributed by atoms with van der Waals surface area (Å²) in [6.07, 6.45) is 5.17. The Labute approximate surface area is 245 Å². The van der Waals surface area contributed by atoms with Gasteiger partial charge in [0, 0.05) is 17.1 Å². The van der Waals surface area contributed by atoms with Crippen molar-refractivity contribution < 1.29 is 18.0 Å². The fourth-order valence-electron chi connectivity index (χ4n) is 5.01. The van der Waals surface area contributed by atoms with Crippen LogP contribution in [0.2, 0.25) is 0 Å². The predicted molar refractivity (Wildman–Crippen MR) is 161 cm³/mol. The third kappa shape index (κ3) is 7.52. The minimum absolute atomic E-state index is 0.0824. The molecule has 0 unspecified atom stereocenters. The van der Waals surface area contributed by atoms with Gasteiger partial charge in [-0.25, -0.2) is 8.42 Å². The minimum atomic E-state index is -4.07. The summed E-state index contributed by atoms with van der Waals surface area (Å²) in [6, 6.07) is 21.9. The van der Waals surface area contributed by atoms with Gasteiger partial charge in [-0.3, -0.25) is 13.9 Å². The molecule has 212 valence electrons. The molecule has 0 aliphatic heterocycles. The maximum absolute atomic E-state index is 14.0. The molecule has 1 saturated carbocycles. The second-order valence-electron chi connectivity index (χ2n) is 10.3. The molecular formula is C31H36BrN3O4S. The fraction of sp³-hybridized carbons (Fsp3) is 0.355. The van der Waals surface area contributed by atoms with Crippen LogP contribution in [-0.2, 0) is 26.2 Å². The van der Waals surface area contributed by atoms with Crippen molar-refractivity contribution in [2.75, 3.05) is 10.8 Å². The molecule has 2 amide bonds. The summed E-state index contributed by atoms with van der Waals surface area (Å²) in [5.41, 5.74) is 2.26. The van der Waals surface area contributed by atoms with Gasteiger partial charge in [-0.05, 0) is 68.7 Å². The first kappa shape index (κ1) is 29.8. The normalized spacial score (nSPS) is 14.8. The number of nitrogens with zero attached hydrogens (tertiary/aromatic N) is 2. The van der Waals surface area contributed by atoms with Gasteiger partial charge < -0.3 is 10.2 Å². The highest BCUT2D eigenvalue weighted by Gasteiger charge is 2.33. The van der Waals surface area contributed by atoms with Crippen molar-refractivity contribution in [1.82, 2.24) is 10.2 Å². The van der Waals surface area contributed by atoms with Crippen molar-refractivity contribution in [3.05, 3.63) is 94.5 Å². The molecule has 9 heteroatoms. The van der Waals surface area contributed by atoms with Gasteiger partial charge in [0.05, 0.1) is 10.6 Å². The van der Waals surface area contributed by atoms with E-state index in [1.807, 2.05) is 31.2 Å². The van der Waals surface area contributed by atoms with E-state index in [1.165, 1.54) is 23.5 Å². The first-order valence-electron chi connectivity index (χ1n) is 13.6. The zero-order chi connectivity index (χ0) is 28.7. The number of hydrogen-bond donors (Lipinski definition) is 1. The Morgan fingerprint density at radius 2 is 1.62 bits per heavy atom. The molecule has 1 aliphatic carbocycles. The van der Waals surface area contributed by atoms with Crippen molar-refractivity contribution in [1.29, 1.82) is 0 Å². The van der Waals surface area contributed by atoms with E-state index in [1.54, 1.807) is 49.4 Å². The summed E-state index contributed by atoms with van der Waals surface area (Å²) < 4.78 is 29.5. The Bertz CT molecular complexity index is 1410. The Kier molecular flexibility index (Phi) is 10.0. The van der Waals surface area contributed by atoms with Gasteiger partial charge in [0.25, 0.3) is 10.0 Å². The number of halogens is 1. The topological polar surface area (TPSA) is 86.8 Å². The number of amides is 2. The average Bonchev–Trinajstić information content (AvgIpc) is 2.95. The molecule has 1 fully saturated rings. The number of anilines is 1. The first-order valence-corrected chi connectivity index (χ1v) is 15.9. The molecule has 7 nitrogen and oxygen atoms in total. The fourth-order valence-corrected chi connectivity index (χ4v) is 6.71. The largest absolute Gasteiger partial charge is 0.352 e. The Morgan fingerprint density at radius 3 is 2.27 bits per heavy atom. The highest BCUT2D eigenvalue weighted by atomic mass is 79.9. The molecule has 40 heavy (non-hydrogen) atoms. The molecule has 1 atom stereocenters. The van der Waals surface area contributed by atoms with Gasteiger partial charge in [-0.2, -0.15) is 0 Å². The van der Waals surface area contributed by atoms with Gasteiger partial charge in [0.1, 0.15) is 12.6 Å². The third-order valence-electron chi connectivity index (χ3n) is 7.28. The quantitative estimate of drug-likeness (QED) is 0.308. The molecule has 1 aliphatic rings. The van der Waals surface area contributed by atoms with Crippen molar-refractivity contribution in [2.24, 2.45) is 0 Å². The Hall–Kier alpha value is -3.17. The van der Waals surface area contributed by atoms with Crippen LogP contribution < -0.4 is 9.62 Å². The molecule has 0 radical (unpaired) electrons. The van der Waals surface area contributed by atoms with Gasteiger partial charge in [-0.15, -0.1) is 0 Å². The molecule has 3 aromatic carbocycles. The van der Waals surface area contributed by atoms with Gasteiger partial charge >= 0.3 is 0 Å². The van der Waals surface area contributed by atoms with E-state index in [-0.39, 0.29) is 23.4 Å². The summed E-state index contributed by atoms with van der Waals surface area (Å²) in [7, 11) is -4.07. The van der Waals surface area contributed by atoms with Crippen LogP contribution in [0, 0.1) is 6.92 Å². The van der Waals surface area contributed by atoms with Crippen LogP contribution in [0.4, 0.5) is 5.69 Å². The smallest absolute Gasteiger partial charge is 0.264 e. The highest BCUT2D eigenvalue weighted by molar-refractivity contribution is 9.10. The number of aryl methyl sites for hydroxylation is 1. The average molecular weight is 627 g/mol. The molecule has 0 aromatic heterocycles. The van der Waals surface area contributed by atoms with Gasteiger partial charge in [-0.1, -0.05) is 83.2 Å². The van der Waals surface area contributed by atoms with E-state index in [0.717, 1.165) is 45.6 Å². The molecule has 4 rings (SSSR count). The summed E-state index contributed by atoms with van der Waals surface area (Å²) in [6.45, 7) is 3.41. The maximum Gasteiger partial charge on any atom is 0.264 e. The lowest BCUT2D eigenvalue weighted by molar-refractivity contribution is -0.139. The SMILES string of the molecule is Cc1cccc(CN(C(=O)CN(c2ccc(Br)cc2)S(=O)(=O)c2ccccc2)[C@@H](C)C(=O)NC2CCCCC2)c1. The summed E-state index contributed by atoms with van der Waals surface area (Å²) >= 11 is 3.39. The van der Waals surface area contributed by atoms with Crippen LogP contribution in [0.15, 0.2) is 88.2 Å². The van der Waals surface area contributed by atoms with E-state index in [4.69, 9.17) is 0 Å². The maximum atomic E-state index is 14.0. The van der Waals surface area contributed by atoms with Crippen LogP contribution in [0.1, 0.15) is 50.2 Å². The first-order chi connectivity index (χ1) is 19.1. The van der Waals surface area contributed by atoms with E-state index < -0.39 is 28.5 Å². The van der Waals surface area contributed by atoms with E-state index in [0.29, 0.717) is 5.69 Å². The number of carbonyl (C=O) groups excluding carboxylic acids is 2. The molecule has 0 heterocycles. The third-order valence-corrected chi connectivity index (χ3v) is 9.60. The Morgan fingerprint density at radius 1 is 0.950 bits per heavy atom. The zero-order valence-electron chi connectivity index (χ0n) is 22.9. The minimum Gasteiger partial charge on any atom is -0.352 e. The van der Waals surface area contributed by atoms with E-state index >= 15 is 0 Å². The van der Waals surface area contributed by atoms with Crippen LogP contribution >= 0.6 is 15.9 Å². The van der Waals surface area contributed by atoms with Crippen LogP contribution in [0.5, 0.6) is 0 Å². The van der Waals surface area contributed by atoms with E-state index in [9.17, 15) is 18.0 Å². The predicted octanol–water partition coefficient (Wildman–Crippen LogP) is 5.82. The van der Waals surface area contributed by atoms with E-state index in [2.05, 4.69) is 21.2 Å². The Balaban J connectivity index is 1.66. The zero-order valence-corrected chi connectivity index (χ0v) is 25.3. The number of carbonyl (C=O) groups is 2. The van der Waals surface area contributed by atoms with Crippen molar-refractivity contribution in [3.8, 4) is 0 Å². The molecule has 3 aromatic rings. The standard InChI is InChI=1S/C31H36BrN3O4S/c1-23-10-9-11-25(20-23)21-34(24(2)31(37)33-27-12-5-3-6-13-27)30(36)22-35(28-18-16-26(32)17-19-28)40(38,39)29-14-7-4-8-15-29/h4,7-11,14-20,24,27H,3,5-6,12-13,21-22H2,1-2H3,(H,33,37)/t24-/m0/s1. The summed E-state index contributed by atoms with van der Waals surface area (Å²) in [4.78, 5) is 29.0. The molecule has 0 saturated heterocycles. The van der Waals surface area contributed by atoms with Gasteiger partial charge in [0.2, 0.25) is 11.8 Å². The lowest BCUT2D eigenvalue weighted by atomic mass is 9.95. The van der Waals surface area contributed by atoms with Crippen LogP contribution in [-0.4, -0.2) is 43.8 Å². The number of nitrogens with one attached hydrogen (secondary N) is 1. The summed E-state index contributed by atoms with van der Waals surface area (Å²) in [5.74, 6) is -0.691. The lowest BCUT2D eigenvalue weighted by Crippen LogP contribution is -2.53. The number of benzene rings is 3.